The maximum absolute atomic E-state index is 11.7. The van der Waals surface area contributed by atoms with Crippen LogP contribution < -0.4 is 0 Å². The quantitative estimate of drug-likeness (QED) is 0.0524. The predicted octanol–water partition coefficient (Wildman–Crippen LogP) is 4.00. The van der Waals surface area contributed by atoms with Crippen LogP contribution in [0.5, 0.6) is 0 Å². The molecule has 0 bridgehead atoms. The Kier molecular flexibility index (Phi) is 41.4. The van der Waals surface area contributed by atoms with Gasteiger partial charge in [-0.15, -0.1) is 0 Å². The molecule has 0 amide bonds. The molecule has 13 nitrogen and oxygen atoms in total. The molecule has 0 spiro atoms. The molecule has 0 radical (unpaired) electrons. The van der Waals surface area contributed by atoms with Gasteiger partial charge < -0.3 is 56.8 Å². The summed E-state index contributed by atoms with van der Waals surface area (Å²) in [6.07, 6.45) is 10.2. The maximum atomic E-state index is 11.7. The summed E-state index contributed by atoms with van der Waals surface area (Å²) in [5, 5.41) is 0. The summed E-state index contributed by atoms with van der Waals surface area (Å²) in [6.45, 7) is 16.4. The lowest BCUT2D eigenvalue weighted by molar-refractivity contribution is -0.145. The van der Waals surface area contributed by atoms with Gasteiger partial charge in [0.2, 0.25) is 0 Å². The molecule has 0 N–H and O–H groups in total. The number of carbonyl (C=O) groups excluding carboxylic acids is 1. The molecule has 0 saturated heterocycles. The second-order valence-corrected chi connectivity index (χ2v) is 10.3. The Balaban J connectivity index is 3.09. The number of unbranched alkanes of at least 4 members (excludes halogenated alkanes) is 6. The van der Waals surface area contributed by atoms with Crippen molar-refractivity contribution in [2.24, 2.45) is 0 Å². The maximum Gasteiger partial charge on any atom is 0.305 e. The monoisotopic (exact) mass is 682 g/mol. The summed E-state index contributed by atoms with van der Waals surface area (Å²) in [5.74, 6) is -0.141. The summed E-state index contributed by atoms with van der Waals surface area (Å²) in [6, 6.07) is 0. The van der Waals surface area contributed by atoms with E-state index in [0.717, 1.165) is 12.8 Å². The lowest BCUT2D eigenvalue weighted by Gasteiger charge is -2.09. The van der Waals surface area contributed by atoms with Crippen LogP contribution in [0, 0.1) is 0 Å². The van der Waals surface area contributed by atoms with Gasteiger partial charge in [-0.3, -0.25) is 4.79 Å². The molecule has 0 aromatic rings. The molecule has 0 fully saturated rings. The molecule has 0 atom stereocenters. The van der Waals surface area contributed by atoms with Gasteiger partial charge in [0.1, 0.15) is 13.2 Å². The highest BCUT2D eigenvalue weighted by molar-refractivity contribution is 5.69. The van der Waals surface area contributed by atoms with Gasteiger partial charge in [-0.25, -0.2) is 0 Å². The van der Waals surface area contributed by atoms with E-state index in [-0.39, 0.29) is 12.6 Å². The van der Waals surface area contributed by atoms with Gasteiger partial charge in [0.15, 0.2) is 0 Å². The zero-order chi connectivity index (χ0) is 34.0. The first-order chi connectivity index (χ1) is 23.3. The van der Waals surface area contributed by atoms with E-state index in [0.29, 0.717) is 145 Å². The average molecular weight is 683 g/mol. The molecule has 47 heavy (non-hydrogen) atoms. The second-order valence-electron chi connectivity index (χ2n) is 10.3. The number of hydrogen-bond donors (Lipinski definition) is 0. The summed E-state index contributed by atoms with van der Waals surface area (Å²) in [5.41, 5.74) is 0. The minimum Gasteiger partial charge on any atom is -0.499 e. The number of esters is 1. The highest BCUT2D eigenvalue weighted by Gasteiger charge is 2.03. The van der Waals surface area contributed by atoms with Crippen molar-refractivity contribution in [3.63, 3.8) is 0 Å². The first-order valence-corrected chi connectivity index (χ1v) is 17.5. The van der Waals surface area contributed by atoms with Crippen LogP contribution in [-0.2, 0) is 61.6 Å². The standard InChI is InChI=1S/C34H66O13/c1-3-5-6-7-8-9-10-11-34(35)47-33-32-46-31-30-45-29-28-44-27-26-43-25-24-42-23-22-41-21-20-40-19-18-39-17-16-38-15-14-37-13-12-36-4-2/h4H,2-3,5-33H2,1H3. The third kappa shape index (κ3) is 42.6. The molecule has 0 rings (SSSR count). The van der Waals surface area contributed by atoms with Gasteiger partial charge in [-0.1, -0.05) is 52.0 Å². The van der Waals surface area contributed by atoms with Gasteiger partial charge in [0.05, 0.1) is 138 Å². The first-order valence-electron chi connectivity index (χ1n) is 17.5. The van der Waals surface area contributed by atoms with Crippen molar-refractivity contribution < 1.29 is 61.6 Å². The third-order valence-corrected chi connectivity index (χ3v) is 6.29. The van der Waals surface area contributed by atoms with E-state index in [1.165, 1.54) is 38.4 Å². The Morgan fingerprint density at radius 2 is 0.681 bits per heavy atom. The smallest absolute Gasteiger partial charge is 0.305 e. The van der Waals surface area contributed by atoms with Gasteiger partial charge in [0.25, 0.3) is 0 Å². The van der Waals surface area contributed by atoms with Crippen LogP contribution in [-0.4, -0.2) is 151 Å². The number of ether oxygens (including phenoxy) is 12. The molecule has 13 heteroatoms. The molecule has 0 saturated carbocycles. The number of carbonyl (C=O) groups is 1. The Labute approximate surface area is 284 Å². The van der Waals surface area contributed by atoms with Crippen molar-refractivity contribution in [2.75, 3.05) is 145 Å². The molecule has 0 aliphatic carbocycles. The van der Waals surface area contributed by atoms with Crippen LogP contribution in [0.4, 0.5) is 0 Å². The summed E-state index contributed by atoms with van der Waals surface area (Å²) in [4.78, 5) is 11.7. The lowest BCUT2D eigenvalue weighted by Crippen LogP contribution is -2.15. The molecule has 0 aliphatic rings. The van der Waals surface area contributed by atoms with Crippen molar-refractivity contribution in [1.29, 1.82) is 0 Å². The highest BCUT2D eigenvalue weighted by Crippen LogP contribution is 2.08. The van der Waals surface area contributed by atoms with E-state index in [2.05, 4.69) is 13.5 Å². The molecular formula is C34H66O13. The largest absolute Gasteiger partial charge is 0.499 e. The van der Waals surface area contributed by atoms with Gasteiger partial charge in [-0.2, -0.15) is 0 Å². The van der Waals surface area contributed by atoms with Crippen LogP contribution in [0.15, 0.2) is 12.8 Å². The molecule has 280 valence electrons. The zero-order valence-corrected chi connectivity index (χ0v) is 29.3. The molecular weight excluding hydrogens is 616 g/mol. The minimum absolute atomic E-state index is 0.141. The van der Waals surface area contributed by atoms with E-state index < -0.39 is 0 Å². The Hall–Kier alpha value is -1.39. The topological polar surface area (TPSA) is 128 Å². The Morgan fingerprint density at radius 3 is 1.00 bits per heavy atom. The van der Waals surface area contributed by atoms with Crippen LogP contribution in [0.25, 0.3) is 0 Å². The lowest BCUT2D eigenvalue weighted by atomic mass is 10.1. The highest BCUT2D eigenvalue weighted by atomic mass is 16.6. The molecule has 0 aromatic heterocycles. The van der Waals surface area contributed by atoms with Gasteiger partial charge in [-0.05, 0) is 6.42 Å². The van der Waals surface area contributed by atoms with Crippen LogP contribution >= 0.6 is 0 Å². The van der Waals surface area contributed by atoms with Crippen molar-refractivity contribution in [2.45, 2.75) is 58.3 Å². The van der Waals surface area contributed by atoms with Crippen molar-refractivity contribution in [1.82, 2.24) is 0 Å². The fourth-order valence-electron chi connectivity index (χ4n) is 3.78. The molecule has 0 aromatic carbocycles. The number of hydrogen-bond acceptors (Lipinski definition) is 13. The summed E-state index contributed by atoms with van der Waals surface area (Å²) >= 11 is 0. The summed E-state index contributed by atoms with van der Waals surface area (Å²) < 4.78 is 64.5. The van der Waals surface area contributed by atoms with Crippen molar-refractivity contribution in [3.8, 4) is 0 Å². The second kappa shape index (κ2) is 42.6. The molecule has 0 heterocycles. The van der Waals surface area contributed by atoms with E-state index in [9.17, 15) is 4.79 Å². The molecule has 0 unspecified atom stereocenters. The van der Waals surface area contributed by atoms with E-state index in [1.54, 1.807) is 0 Å². The van der Waals surface area contributed by atoms with E-state index >= 15 is 0 Å². The normalized spacial score (nSPS) is 11.3. The fraction of sp³-hybridized carbons (Fsp3) is 0.912. The fourth-order valence-corrected chi connectivity index (χ4v) is 3.78. The van der Waals surface area contributed by atoms with Gasteiger partial charge >= 0.3 is 5.97 Å². The SMILES string of the molecule is C=COCCOCCOCCOCCOCCOCCOCCOCCOCCOCCOCCOC(=O)CCCCCCCCC. The third-order valence-electron chi connectivity index (χ3n) is 6.29. The van der Waals surface area contributed by atoms with Crippen LogP contribution in [0.1, 0.15) is 58.3 Å². The predicted molar refractivity (Wildman–Crippen MR) is 178 cm³/mol. The van der Waals surface area contributed by atoms with E-state index in [1.807, 2.05) is 0 Å². The minimum atomic E-state index is -0.141. The summed E-state index contributed by atoms with van der Waals surface area (Å²) in [7, 11) is 0. The molecule has 0 aliphatic heterocycles. The Morgan fingerprint density at radius 1 is 0.404 bits per heavy atom. The van der Waals surface area contributed by atoms with Gasteiger partial charge in [0, 0.05) is 6.42 Å². The van der Waals surface area contributed by atoms with Crippen LogP contribution in [0.2, 0.25) is 0 Å². The first kappa shape index (κ1) is 45.6. The van der Waals surface area contributed by atoms with Crippen molar-refractivity contribution in [3.05, 3.63) is 12.8 Å². The zero-order valence-electron chi connectivity index (χ0n) is 29.3. The average Bonchev–Trinajstić information content (AvgIpc) is 3.08. The van der Waals surface area contributed by atoms with Crippen molar-refractivity contribution >= 4 is 5.97 Å². The van der Waals surface area contributed by atoms with Crippen LogP contribution in [0.3, 0.4) is 0 Å². The van der Waals surface area contributed by atoms with E-state index in [4.69, 9.17) is 56.8 Å². The Bertz CT molecular complexity index is 613. The number of rotatable bonds is 42.